The molecule has 1 aromatic carbocycles. The van der Waals surface area contributed by atoms with Crippen molar-refractivity contribution in [3.8, 4) is 11.5 Å². The van der Waals surface area contributed by atoms with E-state index >= 15 is 0 Å². The van der Waals surface area contributed by atoms with Crippen molar-refractivity contribution in [2.24, 2.45) is 5.92 Å². The average molecular weight is 440 g/mol. The summed E-state index contributed by atoms with van der Waals surface area (Å²) in [7, 11) is 0. The van der Waals surface area contributed by atoms with Crippen molar-refractivity contribution in [2.75, 3.05) is 13.2 Å². The lowest BCUT2D eigenvalue weighted by molar-refractivity contribution is -0.123. The van der Waals surface area contributed by atoms with Gasteiger partial charge in [-0.3, -0.25) is 14.5 Å². The van der Waals surface area contributed by atoms with Gasteiger partial charge in [0, 0.05) is 16.6 Å². The Morgan fingerprint density at radius 1 is 1.31 bits per heavy atom. The van der Waals surface area contributed by atoms with Crippen LogP contribution in [0.1, 0.15) is 44.6 Å². The molecular formula is C19H22BrNO4S. The van der Waals surface area contributed by atoms with E-state index in [2.05, 4.69) is 15.9 Å². The summed E-state index contributed by atoms with van der Waals surface area (Å²) in [6.07, 6.45) is 7.29. The third-order valence-corrected chi connectivity index (χ3v) is 6.06. The van der Waals surface area contributed by atoms with Crippen molar-refractivity contribution < 1.29 is 19.4 Å². The summed E-state index contributed by atoms with van der Waals surface area (Å²) >= 11 is 4.31. The second-order valence-corrected chi connectivity index (χ2v) is 8.48. The summed E-state index contributed by atoms with van der Waals surface area (Å²) < 4.78 is 6.14. The highest BCUT2D eigenvalue weighted by Gasteiger charge is 2.36. The first-order valence-electron chi connectivity index (χ1n) is 8.90. The zero-order valence-electron chi connectivity index (χ0n) is 14.7. The molecule has 0 bridgehead atoms. The maximum Gasteiger partial charge on any atom is 0.293 e. The fourth-order valence-electron chi connectivity index (χ4n) is 3.40. The van der Waals surface area contributed by atoms with Crippen molar-refractivity contribution >= 4 is 44.9 Å². The van der Waals surface area contributed by atoms with Gasteiger partial charge in [-0.05, 0) is 55.7 Å². The van der Waals surface area contributed by atoms with Crippen LogP contribution in [-0.2, 0) is 4.79 Å². The number of carbonyl (C=O) groups is 2. The number of hydrogen-bond donors (Lipinski definition) is 1. The number of rotatable bonds is 5. The van der Waals surface area contributed by atoms with Crippen LogP contribution in [0.4, 0.5) is 4.79 Å². The molecule has 1 saturated carbocycles. The van der Waals surface area contributed by atoms with E-state index in [0.717, 1.165) is 29.1 Å². The van der Waals surface area contributed by atoms with Crippen molar-refractivity contribution in [3.63, 3.8) is 0 Å². The lowest BCUT2D eigenvalue weighted by Gasteiger charge is -2.25. The molecule has 26 heavy (non-hydrogen) atoms. The summed E-state index contributed by atoms with van der Waals surface area (Å²) in [5, 5.41) is 10.1. The van der Waals surface area contributed by atoms with E-state index in [9.17, 15) is 14.7 Å². The minimum atomic E-state index is -0.275. The van der Waals surface area contributed by atoms with Crippen molar-refractivity contribution in [3.05, 3.63) is 27.1 Å². The Hall–Kier alpha value is -1.47. The number of imide groups is 1. The van der Waals surface area contributed by atoms with E-state index in [4.69, 9.17) is 4.74 Å². The fourth-order valence-corrected chi connectivity index (χ4v) is 4.69. The van der Waals surface area contributed by atoms with Gasteiger partial charge in [-0.25, -0.2) is 0 Å². The van der Waals surface area contributed by atoms with E-state index < -0.39 is 0 Å². The molecule has 1 aliphatic carbocycles. The minimum absolute atomic E-state index is 0.0332. The molecule has 0 spiro atoms. The molecule has 0 atom stereocenters. The van der Waals surface area contributed by atoms with Crippen molar-refractivity contribution in [1.82, 2.24) is 4.90 Å². The number of amides is 2. The highest BCUT2D eigenvalue weighted by atomic mass is 79.9. The third-order valence-electron chi connectivity index (χ3n) is 4.69. The van der Waals surface area contributed by atoms with E-state index in [0.29, 0.717) is 35.3 Å². The van der Waals surface area contributed by atoms with Crippen LogP contribution in [0.2, 0.25) is 0 Å². The Bertz CT molecular complexity index is 743. The van der Waals surface area contributed by atoms with Crippen LogP contribution in [0.15, 0.2) is 21.5 Å². The zero-order valence-corrected chi connectivity index (χ0v) is 17.1. The maximum absolute atomic E-state index is 12.7. The largest absolute Gasteiger partial charge is 0.504 e. The molecule has 140 valence electrons. The standard InChI is InChI=1S/C19H22BrNO4S/c1-2-25-15-10-14(20)8-13(17(15)22)9-16-18(23)21(19(24)26-16)11-12-6-4-3-5-7-12/h8-10,12,22H,2-7,11H2,1H3/b16-9+. The minimum Gasteiger partial charge on any atom is -0.504 e. The second kappa shape index (κ2) is 8.48. The van der Waals surface area contributed by atoms with Crippen LogP contribution < -0.4 is 4.74 Å². The molecule has 1 aliphatic heterocycles. The van der Waals surface area contributed by atoms with E-state index in [1.165, 1.54) is 24.2 Å². The van der Waals surface area contributed by atoms with Gasteiger partial charge in [0.05, 0.1) is 11.5 Å². The highest BCUT2D eigenvalue weighted by molar-refractivity contribution is 9.10. The maximum atomic E-state index is 12.7. The van der Waals surface area contributed by atoms with E-state index in [1.54, 1.807) is 18.2 Å². The Balaban J connectivity index is 1.81. The Morgan fingerprint density at radius 3 is 2.73 bits per heavy atom. The van der Waals surface area contributed by atoms with Crippen LogP contribution in [0.3, 0.4) is 0 Å². The second-order valence-electron chi connectivity index (χ2n) is 6.57. The zero-order chi connectivity index (χ0) is 18.7. The molecule has 1 heterocycles. The SMILES string of the molecule is CCOc1cc(Br)cc(/C=C2/SC(=O)N(CC3CCCCC3)C2=O)c1O. The van der Waals surface area contributed by atoms with Gasteiger partial charge in [0.2, 0.25) is 0 Å². The monoisotopic (exact) mass is 439 g/mol. The first-order chi connectivity index (χ1) is 12.5. The number of carbonyl (C=O) groups excluding carboxylic acids is 2. The van der Waals surface area contributed by atoms with E-state index in [1.807, 2.05) is 6.92 Å². The molecule has 0 unspecified atom stereocenters. The first kappa shape index (κ1) is 19.3. The molecule has 1 saturated heterocycles. The van der Waals surface area contributed by atoms with Crippen LogP contribution in [0.25, 0.3) is 6.08 Å². The topological polar surface area (TPSA) is 66.8 Å². The summed E-state index contributed by atoms with van der Waals surface area (Å²) in [6.45, 7) is 2.74. The molecule has 0 radical (unpaired) electrons. The summed E-state index contributed by atoms with van der Waals surface area (Å²) in [4.78, 5) is 26.7. The molecule has 0 aromatic heterocycles. The van der Waals surface area contributed by atoms with Crippen molar-refractivity contribution in [2.45, 2.75) is 39.0 Å². The van der Waals surface area contributed by atoms with Gasteiger partial charge < -0.3 is 9.84 Å². The number of phenolic OH excluding ortho intramolecular Hbond substituents is 1. The van der Waals surface area contributed by atoms with Gasteiger partial charge in [0.1, 0.15) is 0 Å². The van der Waals surface area contributed by atoms with Gasteiger partial charge in [0.15, 0.2) is 11.5 Å². The first-order valence-corrected chi connectivity index (χ1v) is 10.5. The van der Waals surface area contributed by atoms with Gasteiger partial charge in [-0.15, -0.1) is 0 Å². The molecule has 3 rings (SSSR count). The van der Waals surface area contributed by atoms with Gasteiger partial charge in [0.25, 0.3) is 11.1 Å². The molecule has 1 N–H and O–H groups in total. The van der Waals surface area contributed by atoms with Crippen LogP contribution in [0.5, 0.6) is 11.5 Å². The normalized spacial score (nSPS) is 20.2. The molecule has 7 heteroatoms. The predicted octanol–water partition coefficient (Wildman–Crippen LogP) is 5.17. The molecule has 2 amide bonds. The molecular weight excluding hydrogens is 418 g/mol. The lowest BCUT2D eigenvalue weighted by Crippen LogP contribution is -2.34. The summed E-state index contributed by atoms with van der Waals surface area (Å²) in [5.74, 6) is 0.437. The number of hydrogen-bond acceptors (Lipinski definition) is 5. The Morgan fingerprint density at radius 2 is 2.04 bits per heavy atom. The van der Waals surface area contributed by atoms with Crippen LogP contribution in [-0.4, -0.2) is 34.3 Å². The molecule has 1 aromatic rings. The quantitative estimate of drug-likeness (QED) is 0.640. The number of ether oxygens (including phenoxy) is 1. The third kappa shape index (κ3) is 4.26. The molecule has 2 fully saturated rings. The lowest BCUT2D eigenvalue weighted by atomic mass is 9.89. The predicted molar refractivity (Wildman–Crippen MR) is 106 cm³/mol. The van der Waals surface area contributed by atoms with Gasteiger partial charge in [-0.2, -0.15) is 0 Å². The number of nitrogens with zero attached hydrogens (tertiary/aromatic N) is 1. The number of phenols is 1. The number of thioether (sulfide) groups is 1. The number of halogens is 1. The number of benzene rings is 1. The smallest absolute Gasteiger partial charge is 0.293 e. The van der Waals surface area contributed by atoms with Crippen LogP contribution in [0, 0.1) is 5.92 Å². The van der Waals surface area contributed by atoms with Gasteiger partial charge in [-0.1, -0.05) is 35.2 Å². The Labute approximate surface area is 165 Å². The fraction of sp³-hybridized carbons (Fsp3) is 0.474. The van der Waals surface area contributed by atoms with E-state index in [-0.39, 0.29) is 16.9 Å². The highest BCUT2D eigenvalue weighted by Crippen LogP contribution is 2.39. The van der Waals surface area contributed by atoms with Gasteiger partial charge >= 0.3 is 0 Å². The average Bonchev–Trinajstić information content (AvgIpc) is 2.87. The molecule has 2 aliphatic rings. The Kier molecular flexibility index (Phi) is 6.29. The van der Waals surface area contributed by atoms with Crippen LogP contribution >= 0.6 is 27.7 Å². The molecule has 5 nitrogen and oxygen atoms in total. The summed E-state index contributed by atoms with van der Waals surface area (Å²) in [5.41, 5.74) is 0.450. The number of aromatic hydroxyl groups is 1. The van der Waals surface area contributed by atoms with Crippen molar-refractivity contribution in [1.29, 1.82) is 0 Å². The summed E-state index contributed by atoms with van der Waals surface area (Å²) in [6, 6.07) is 3.37.